The van der Waals surface area contributed by atoms with Crippen LogP contribution >= 0.6 is 11.6 Å². The number of halogens is 1. The second-order valence-corrected chi connectivity index (χ2v) is 5.51. The fraction of sp³-hybridized carbons (Fsp3) is 0.0556. The van der Waals surface area contributed by atoms with Crippen molar-refractivity contribution < 1.29 is 0 Å². The standard InChI is InChI=1S/C18H13ClN2/c1-12-11-16-17(13-7-3-2-4-8-13)20-14-9-5-6-10-15(14)21(16)18(12)19/h2-11H,1H3. The Morgan fingerprint density at radius 1 is 0.905 bits per heavy atom. The fourth-order valence-electron chi connectivity index (χ4n) is 2.76. The molecule has 0 atom stereocenters. The molecule has 0 bridgehead atoms. The Morgan fingerprint density at radius 2 is 1.62 bits per heavy atom. The number of rotatable bonds is 1. The van der Waals surface area contributed by atoms with Crippen LogP contribution < -0.4 is 0 Å². The van der Waals surface area contributed by atoms with Gasteiger partial charge in [-0.15, -0.1) is 0 Å². The van der Waals surface area contributed by atoms with Crippen LogP contribution in [0.4, 0.5) is 0 Å². The first-order valence-corrected chi connectivity index (χ1v) is 7.25. The highest BCUT2D eigenvalue weighted by molar-refractivity contribution is 6.31. The molecule has 0 unspecified atom stereocenters. The van der Waals surface area contributed by atoms with Crippen LogP contribution in [-0.4, -0.2) is 9.38 Å². The van der Waals surface area contributed by atoms with Gasteiger partial charge in [0.25, 0.3) is 0 Å². The van der Waals surface area contributed by atoms with Crippen molar-refractivity contribution in [3.05, 3.63) is 71.4 Å². The number of aryl methyl sites for hydroxylation is 1. The first kappa shape index (κ1) is 12.4. The topological polar surface area (TPSA) is 17.3 Å². The van der Waals surface area contributed by atoms with E-state index in [9.17, 15) is 0 Å². The van der Waals surface area contributed by atoms with Crippen LogP contribution in [0.1, 0.15) is 5.56 Å². The highest BCUT2D eigenvalue weighted by Crippen LogP contribution is 2.32. The number of hydrogen-bond acceptors (Lipinski definition) is 1. The van der Waals surface area contributed by atoms with E-state index in [1.54, 1.807) is 0 Å². The lowest BCUT2D eigenvalue weighted by Crippen LogP contribution is -1.95. The van der Waals surface area contributed by atoms with Crippen molar-refractivity contribution >= 4 is 28.2 Å². The molecule has 2 nitrogen and oxygen atoms in total. The molecular formula is C18H13ClN2. The Morgan fingerprint density at radius 3 is 2.43 bits per heavy atom. The molecule has 21 heavy (non-hydrogen) atoms. The zero-order valence-corrected chi connectivity index (χ0v) is 12.3. The molecule has 4 rings (SSSR count). The van der Waals surface area contributed by atoms with Gasteiger partial charge in [-0.3, -0.25) is 4.40 Å². The quantitative estimate of drug-likeness (QED) is 0.476. The van der Waals surface area contributed by atoms with Crippen LogP contribution in [0.5, 0.6) is 0 Å². The summed E-state index contributed by atoms with van der Waals surface area (Å²) in [5, 5.41) is 0.751. The van der Waals surface area contributed by atoms with E-state index in [2.05, 4.69) is 28.7 Å². The summed E-state index contributed by atoms with van der Waals surface area (Å²) < 4.78 is 2.08. The van der Waals surface area contributed by atoms with Crippen molar-refractivity contribution in [2.75, 3.05) is 0 Å². The minimum absolute atomic E-state index is 0.751. The predicted molar refractivity (Wildman–Crippen MR) is 87.9 cm³/mol. The van der Waals surface area contributed by atoms with Gasteiger partial charge < -0.3 is 0 Å². The highest BCUT2D eigenvalue weighted by Gasteiger charge is 2.14. The molecular weight excluding hydrogens is 280 g/mol. The van der Waals surface area contributed by atoms with E-state index in [-0.39, 0.29) is 0 Å². The van der Waals surface area contributed by atoms with Gasteiger partial charge in [0.05, 0.1) is 22.2 Å². The molecule has 0 fully saturated rings. The molecule has 0 aliphatic heterocycles. The third-order valence-corrected chi connectivity index (χ3v) is 4.23. The smallest absolute Gasteiger partial charge is 0.117 e. The number of fused-ring (bicyclic) bond motifs is 3. The first-order valence-electron chi connectivity index (χ1n) is 6.87. The van der Waals surface area contributed by atoms with Crippen molar-refractivity contribution in [1.29, 1.82) is 0 Å². The molecule has 0 N–H and O–H groups in total. The van der Waals surface area contributed by atoms with Crippen molar-refractivity contribution in [1.82, 2.24) is 9.38 Å². The Hall–Kier alpha value is -2.32. The molecule has 0 amide bonds. The zero-order chi connectivity index (χ0) is 14.4. The number of nitrogens with zero attached hydrogens (tertiary/aromatic N) is 2. The average Bonchev–Trinajstić information content (AvgIpc) is 2.83. The molecule has 3 heteroatoms. The van der Waals surface area contributed by atoms with Gasteiger partial charge in [0, 0.05) is 5.56 Å². The predicted octanol–water partition coefficient (Wildman–Crippen LogP) is 5.12. The number of para-hydroxylation sites is 2. The zero-order valence-electron chi connectivity index (χ0n) is 11.5. The first-order chi connectivity index (χ1) is 10.3. The summed E-state index contributed by atoms with van der Waals surface area (Å²) in [4.78, 5) is 4.85. The average molecular weight is 293 g/mol. The summed E-state index contributed by atoms with van der Waals surface area (Å²) in [6.45, 7) is 2.03. The Kier molecular flexibility index (Phi) is 2.72. The van der Waals surface area contributed by atoms with E-state index in [1.807, 2.05) is 43.3 Å². The maximum Gasteiger partial charge on any atom is 0.117 e. The normalized spacial score (nSPS) is 11.3. The van der Waals surface area contributed by atoms with Gasteiger partial charge in [-0.1, -0.05) is 54.1 Å². The molecule has 0 saturated heterocycles. The number of aromatic nitrogens is 2. The minimum atomic E-state index is 0.751. The Balaban J connectivity index is 2.22. The van der Waals surface area contributed by atoms with Gasteiger partial charge in [0.1, 0.15) is 5.15 Å². The number of hydrogen-bond donors (Lipinski definition) is 0. The van der Waals surface area contributed by atoms with Crippen LogP contribution in [0.25, 0.3) is 27.8 Å². The third kappa shape index (κ3) is 1.83. The minimum Gasteiger partial charge on any atom is -0.296 e. The monoisotopic (exact) mass is 292 g/mol. The molecule has 0 radical (unpaired) electrons. The second-order valence-electron chi connectivity index (χ2n) is 5.15. The summed E-state index contributed by atoms with van der Waals surface area (Å²) in [6.07, 6.45) is 0. The molecule has 102 valence electrons. The summed E-state index contributed by atoms with van der Waals surface area (Å²) in [5.41, 5.74) is 6.15. The maximum absolute atomic E-state index is 6.52. The van der Waals surface area contributed by atoms with Crippen molar-refractivity contribution in [2.24, 2.45) is 0 Å². The van der Waals surface area contributed by atoms with Crippen molar-refractivity contribution in [3.63, 3.8) is 0 Å². The fourth-order valence-corrected chi connectivity index (χ4v) is 2.99. The molecule has 2 heterocycles. The lowest BCUT2D eigenvalue weighted by Gasteiger charge is -2.09. The van der Waals surface area contributed by atoms with Crippen LogP contribution in [0.15, 0.2) is 60.7 Å². The summed E-state index contributed by atoms with van der Waals surface area (Å²) in [7, 11) is 0. The van der Waals surface area contributed by atoms with E-state index in [0.29, 0.717) is 0 Å². The SMILES string of the molecule is Cc1cc2c(-c3ccccc3)nc3ccccc3n2c1Cl. The summed E-state index contributed by atoms with van der Waals surface area (Å²) >= 11 is 6.52. The van der Waals surface area contributed by atoms with Gasteiger partial charge in [0.2, 0.25) is 0 Å². The second kappa shape index (κ2) is 4.61. The molecule has 0 aliphatic rings. The van der Waals surface area contributed by atoms with Gasteiger partial charge in [-0.05, 0) is 30.7 Å². The Labute approximate surface area is 127 Å². The lowest BCUT2D eigenvalue weighted by molar-refractivity contribution is 1.22. The molecule has 0 aliphatic carbocycles. The Bertz CT molecular complexity index is 955. The van der Waals surface area contributed by atoms with E-state index in [0.717, 1.165) is 38.5 Å². The van der Waals surface area contributed by atoms with Crippen LogP contribution in [0.3, 0.4) is 0 Å². The molecule has 2 aromatic heterocycles. The molecule has 0 spiro atoms. The summed E-state index contributed by atoms with van der Waals surface area (Å²) in [5.74, 6) is 0. The lowest BCUT2D eigenvalue weighted by atomic mass is 10.1. The summed E-state index contributed by atoms with van der Waals surface area (Å²) in [6, 6.07) is 20.4. The van der Waals surface area contributed by atoms with Gasteiger partial charge in [-0.2, -0.15) is 0 Å². The van der Waals surface area contributed by atoms with Gasteiger partial charge in [-0.25, -0.2) is 4.98 Å². The van der Waals surface area contributed by atoms with Crippen LogP contribution in [-0.2, 0) is 0 Å². The molecule has 0 saturated carbocycles. The van der Waals surface area contributed by atoms with Crippen molar-refractivity contribution in [3.8, 4) is 11.3 Å². The highest BCUT2D eigenvalue weighted by atomic mass is 35.5. The maximum atomic E-state index is 6.52. The van der Waals surface area contributed by atoms with Crippen LogP contribution in [0.2, 0.25) is 5.15 Å². The number of benzene rings is 2. The van der Waals surface area contributed by atoms with Crippen molar-refractivity contribution in [2.45, 2.75) is 6.92 Å². The van der Waals surface area contributed by atoms with Crippen LogP contribution in [0, 0.1) is 6.92 Å². The van der Waals surface area contributed by atoms with E-state index in [1.165, 1.54) is 0 Å². The third-order valence-electron chi connectivity index (χ3n) is 3.76. The largest absolute Gasteiger partial charge is 0.296 e. The van der Waals surface area contributed by atoms with Gasteiger partial charge in [0.15, 0.2) is 0 Å². The van der Waals surface area contributed by atoms with E-state index in [4.69, 9.17) is 16.6 Å². The molecule has 4 aromatic rings. The van der Waals surface area contributed by atoms with E-state index < -0.39 is 0 Å². The molecule has 2 aromatic carbocycles. The van der Waals surface area contributed by atoms with Gasteiger partial charge >= 0.3 is 0 Å². The van der Waals surface area contributed by atoms with E-state index >= 15 is 0 Å².